The molecule has 0 atom stereocenters. The third-order valence-corrected chi connectivity index (χ3v) is 4.34. The molecule has 0 saturated carbocycles. The number of Topliss-reactive ketones (excluding diaryl/α,β-unsaturated/α-hetero) is 1. The third-order valence-electron chi connectivity index (χ3n) is 3.33. The van der Waals surface area contributed by atoms with Crippen LogP contribution in [0.4, 0.5) is 10.1 Å². The molecule has 0 fully saturated rings. The number of carbonyl (C=O) groups is 3. The zero-order chi connectivity index (χ0) is 18.9. The molecule has 2 aromatic carbocycles. The normalized spacial score (nSPS) is 10.2. The number of anilines is 1. The Morgan fingerprint density at radius 3 is 2.31 bits per heavy atom. The molecule has 0 heterocycles. The molecular formula is C19H18FNO4S. The van der Waals surface area contributed by atoms with Crippen LogP contribution in [0.1, 0.15) is 23.7 Å². The van der Waals surface area contributed by atoms with Gasteiger partial charge in [-0.3, -0.25) is 14.4 Å². The summed E-state index contributed by atoms with van der Waals surface area (Å²) < 4.78 is 17.7. The predicted molar refractivity (Wildman–Crippen MR) is 97.8 cm³/mol. The van der Waals surface area contributed by atoms with Gasteiger partial charge in [-0.25, -0.2) is 4.39 Å². The quantitative estimate of drug-likeness (QED) is 0.433. The lowest BCUT2D eigenvalue weighted by molar-refractivity contribution is -0.146. The van der Waals surface area contributed by atoms with Gasteiger partial charge in [-0.15, -0.1) is 11.8 Å². The summed E-state index contributed by atoms with van der Waals surface area (Å²) in [6.07, 6.45) is 0.141. The fourth-order valence-corrected chi connectivity index (χ4v) is 2.82. The number of hydrogen-bond donors (Lipinski definition) is 1. The fraction of sp³-hybridized carbons (Fsp3) is 0.211. The first-order valence-corrected chi connectivity index (χ1v) is 8.87. The summed E-state index contributed by atoms with van der Waals surface area (Å²) in [6.45, 7) is 1.08. The van der Waals surface area contributed by atoms with Crippen molar-refractivity contribution in [3.05, 3.63) is 59.9 Å². The van der Waals surface area contributed by atoms with Crippen molar-refractivity contribution in [2.75, 3.05) is 17.7 Å². The van der Waals surface area contributed by atoms with Gasteiger partial charge in [0.25, 0.3) is 5.91 Å². The van der Waals surface area contributed by atoms with Crippen LogP contribution in [-0.4, -0.2) is 30.0 Å². The van der Waals surface area contributed by atoms with E-state index in [9.17, 15) is 18.8 Å². The van der Waals surface area contributed by atoms with Crippen LogP contribution in [0.25, 0.3) is 0 Å². The zero-order valence-corrected chi connectivity index (χ0v) is 15.0. The van der Waals surface area contributed by atoms with Gasteiger partial charge in [0.15, 0.2) is 12.4 Å². The standard InChI is InChI=1S/C19H18FNO4S/c1-13(22)14-2-6-16(7-3-14)21-18(23)12-25-19(24)10-11-26-17-8-4-15(20)5-9-17/h2-9H,10-12H2,1H3,(H,21,23). The molecule has 0 bridgehead atoms. The van der Waals surface area contributed by atoms with Crippen molar-refractivity contribution in [1.82, 2.24) is 0 Å². The maximum absolute atomic E-state index is 12.8. The molecule has 0 aliphatic rings. The van der Waals surface area contributed by atoms with E-state index in [0.29, 0.717) is 17.0 Å². The molecule has 1 N–H and O–H groups in total. The lowest BCUT2D eigenvalue weighted by Crippen LogP contribution is -2.21. The van der Waals surface area contributed by atoms with Crippen LogP contribution in [0, 0.1) is 5.82 Å². The molecule has 26 heavy (non-hydrogen) atoms. The van der Waals surface area contributed by atoms with Gasteiger partial charge >= 0.3 is 5.97 Å². The largest absolute Gasteiger partial charge is 0.456 e. The summed E-state index contributed by atoms with van der Waals surface area (Å²) in [6, 6.07) is 12.4. The summed E-state index contributed by atoms with van der Waals surface area (Å²) in [5.74, 6) is -0.841. The van der Waals surface area contributed by atoms with E-state index in [1.807, 2.05) is 0 Å². The van der Waals surface area contributed by atoms with Crippen LogP contribution in [0.2, 0.25) is 0 Å². The molecule has 0 aliphatic heterocycles. The second kappa shape index (κ2) is 9.72. The van der Waals surface area contributed by atoms with Crippen LogP contribution in [0.5, 0.6) is 0 Å². The maximum atomic E-state index is 12.8. The molecule has 7 heteroatoms. The minimum absolute atomic E-state index is 0.0599. The molecule has 2 rings (SSSR count). The molecule has 0 radical (unpaired) electrons. The lowest BCUT2D eigenvalue weighted by Gasteiger charge is -2.07. The average Bonchev–Trinajstić information content (AvgIpc) is 2.62. The highest BCUT2D eigenvalue weighted by molar-refractivity contribution is 7.99. The molecule has 0 aromatic heterocycles. The Labute approximate surface area is 154 Å². The smallest absolute Gasteiger partial charge is 0.307 e. The fourth-order valence-electron chi connectivity index (χ4n) is 1.99. The highest BCUT2D eigenvalue weighted by atomic mass is 32.2. The first-order chi connectivity index (χ1) is 12.4. The number of hydrogen-bond acceptors (Lipinski definition) is 5. The Morgan fingerprint density at radius 1 is 1.04 bits per heavy atom. The molecule has 0 spiro atoms. The van der Waals surface area contributed by atoms with E-state index in [4.69, 9.17) is 4.74 Å². The monoisotopic (exact) mass is 375 g/mol. The van der Waals surface area contributed by atoms with E-state index in [2.05, 4.69) is 5.32 Å². The second-order valence-electron chi connectivity index (χ2n) is 5.39. The molecule has 0 aliphatic carbocycles. The van der Waals surface area contributed by atoms with Crippen LogP contribution >= 0.6 is 11.8 Å². The second-order valence-corrected chi connectivity index (χ2v) is 6.56. The molecule has 0 saturated heterocycles. The van der Waals surface area contributed by atoms with Gasteiger partial charge < -0.3 is 10.1 Å². The molecule has 0 unspecified atom stereocenters. The molecule has 5 nitrogen and oxygen atoms in total. The van der Waals surface area contributed by atoms with Crippen molar-refractivity contribution >= 4 is 35.1 Å². The van der Waals surface area contributed by atoms with Gasteiger partial charge in [-0.2, -0.15) is 0 Å². The van der Waals surface area contributed by atoms with Gasteiger partial charge in [0.2, 0.25) is 0 Å². The van der Waals surface area contributed by atoms with Crippen molar-refractivity contribution in [3.63, 3.8) is 0 Å². The first kappa shape index (κ1) is 19.7. The van der Waals surface area contributed by atoms with Crippen molar-refractivity contribution < 1.29 is 23.5 Å². The zero-order valence-electron chi connectivity index (χ0n) is 14.2. The van der Waals surface area contributed by atoms with Crippen LogP contribution in [-0.2, 0) is 14.3 Å². The molecular weight excluding hydrogens is 357 g/mol. The summed E-state index contributed by atoms with van der Waals surface area (Å²) >= 11 is 1.40. The Kier molecular flexibility index (Phi) is 7.35. The number of carbonyl (C=O) groups excluding carboxylic acids is 3. The lowest BCUT2D eigenvalue weighted by atomic mass is 10.1. The van der Waals surface area contributed by atoms with E-state index >= 15 is 0 Å². The minimum Gasteiger partial charge on any atom is -0.456 e. The number of amides is 1. The van der Waals surface area contributed by atoms with E-state index in [-0.39, 0.29) is 24.6 Å². The number of nitrogens with one attached hydrogen (secondary N) is 1. The summed E-state index contributed by atoms with van der Waals surface area (Å²) in [5, 5.41) is 2.58. The Balaban J connectivity index is 1.67. The summed E-state index contributed by atoms with van der Waals surface area (Å²) in [7, 11) is 0. The molecule has 136 valence electrons. The number of benzene rings is 2. The average molecular weight is 375 g/mol. The predicted octanol–water partition coefficient (Wildman–Crippen LogP) is 3.69. The Hall–Kier alpha value is -2.67. The van der Waals surface area contributed by atoms with E-state index < -0.39 is 11.9 Å². The summed E-state index contributed by atoms with van der Waals surface area (Å²) in [4.78, 5) is 35.5. The van der Waals surface area contributed by atoms with Crippen LogP contribution < -0.4 is 5.32 Å². The van der Waals surface area contributed by atoms with Crippen molar-refractivity contribution in [2.24, 2.45) is 0 Å². The highest BCUT2D eigenvalue weighted by Crippen LogP contribution is 2.19. The number of esters is 1. The summed E-state index contributed by atoms with van der Waals surface area (Å²) in [5.41, 5.74) is 1.07. The number of ether oxygens (including phenoxy) is 1. The topological polar surface area (TPSA) is 72.5 Å². The van der Waals surface area contributed by atoms with E-state index in [1.54, 1.807) is 36.4 Å². The Bertz CT molecular complexity index is 775. The van der Waals surface area contributed by atoms with E-state index in [1.165, 1.54) is 30.8 Å². The van der Waals surface area contributed by atoms with Gasteiger partial charge in [0.05, 0.1) is 6.42 Å². The molecule has 2 aromatic rings. The number of thioether (sulfide) groups is 1. The van der Waals surface area contributed by atoms with Crippen molar-refractivity contribution in [3.8, 4) is 0 Å². The van der Waals surface area contributed by atoms with Crippen molar-refractivity contribution in [1.29, 1.82) is 0 Å². The van der Waals surface area contributed by atoms with Gasteiger partial charge in [-0.1, -0.05) is 0 Å². The minimum atomic E-state index is -0.485. The van der Waals surface area contributed by atoms with Gasteiger partial charge in [0, 0.05) is 21.9 Å². The highest BCUT2D eigenvalue weighted by Gasteiger charge is 2.09. The maximum Gasteiger partial charge on any atom is 0.307 e. The van der Waals surface area contributed by atoms with Gasteiger partial charge in [0.1, 0.15) is 5.82 Å². The number of ketones is 1. The third kappa shape index (κ3) is 6.68. The SMILES string of the molecule is CC(=O)c1ccc(NC(=O)COC(=O)CCSc2ccc(F)cc2)cc1. The van der Waals surface area contributed by atoms with Crippen LogP contribution in [0.3, 0.4) is 0 Å². The number of rotatable bonds is 8. The van der Waals surface area contributed by atoms with E-state index in [0.717, 1.165) is 4.90 Å². The van der Waals surface area contributed by atoms with Gasteiger partial charge in [-0.05, 0) is 55.5 Å². The molecule has 1 amide bonds. The first-order valence-electron chi connectivity index (χ1n) is 7.89. The Morgan fingerprint density at radius 2 is 1.69 bits per heavy atom. The van der Waals surface area contributed by atoms with Crippen LogP contribution in [0.15, 0.2) is 53.4 Å². The van der Waals surface area contributed by atoms with Crippen molar-refractivity contribution in [2.45, 2.75) is 18.2 Å². The number of halogens is 1.